The molecule has 0 aliphatic heterocycles. The molecule has 15 heavy (non-hydrogen) atoms. The molecule has 3 nitrogen and oxygen atoms in total. The summed E-state index contributed by atoms with van der Waals surface area (Å²) in [6.07, 6.45) is 2.48. The van der Waals surface area contributed by atoms with E-state index in [-0.39, 0.29) is 12.6 Å². The van der Waals surface area contributed by atoms with E-state index in [1.54, 1.807) is 6.92 Å². The van der Waals surface area contributed by atoms with E-state index in [2.05, 4.69) is 0 Å². The minimum atomic E-state index is -0.387. The van der Waals surface area contributed by atoms with Crippen LogP contribution in [0, 0.1) is 5.41 Å². The Labute approximate surface area is 88.9 Å². The summed E-state index contributed by atoms with van der Waals surface area (Å²) in [5.41, 5.74) is 1.38. The average molecular weight is 203 g/mol. The van der Waals surface area contributed by atoms with Crippen molar-refractivity contribution in [3.05, 3.63) is 47.5 Å². The molecule has 0 saturated heterocycles. The van der Waals surface area contributed by atoms with Crippen LogP contribution in [0.15, 0.2) is 42.0 Å². The van der Waals surface area contributed by atoms with Crippen molar-refractivity contribution >= 4 is 12.2 Å². The van der Waals surface area contributed by atoms with Crippen molar-refractivity contribution in [2.75, 3.05) is 0 Å². The lowest BCUT2D eigenvalue weighted by Gasteiger charge is -2.04. The lowest BCUT2D eigenvalue weighted by molar-refractivity contribution is -0.140. The van der Waals surface area contributed by atoms with Gasteiger partial charge in [0.05, 0.1) is 0 Å². The van der Waals surface area contributed by atoms with Gasteiger partial charge < -0.3 is 10.1 Å². The van der Waals surface area contributed by atoms with E-state index >= 15 is 0 Å². The Kier molecular flexibility index (Phi) is 4.29. The molecule has 1 rings (SSSR count). The van der Waals surface area contributed by atoms with Crippen LogP contribution in [0.1, 0.15) is 12.5 Å². The molecule has 3 heteroatoms. The van der Waals surface area contributed by atoms with E-state index in [0.717, 1.165) is 11.8 Å². The smallest absolute Gasteiger partial charge is 0.334 e. The second-order valence-corrected chi connectivity index (χ2v) is 3.08. The van der Waals surface area contributed by atoms with Crippen LogP contribution in [-0.4, -0.2) is 12.2 Å². The minimum Gasteiger partial charge on any atom is -0.457 e. The first-order chi connectivity index (χ1) is 7.24. The van der Waals surface area contributed by atoms with Crippen LogP contribution in [-0.2, 0) is 16.1 Å². The minimum absolute atomic E-state index is 0.267. The third-order valence-electron chi connectivity index (χ3n) is 1.87. The van der Waals surface area contributed by atoms with E-state index in [1.807, 2.05) is 30.3 Å². The second kappa shape index (κ2) is 5.75. The van der Waals surface area contributed by atoms with Gasteiger partial charge in [0.1, 0.15) is 6.61 Å². The van der Waals surface area contributed by atoms with Crippen molar-refractivity contribution in [3.63, 3.8) is 0 Å². The first-order valence-corrected chi connectivity index (χ1v) is 4.62. The summed E-state index contributed by atoms with van der Waals surface area (Å²) in [4.78, 5) is 11.3. The predicted molar refractivity (Wildman–Crippen MR) is 58.8 cm³/mol. The fourth-order valence-corrected chi connectivity index (χ4v) is 1.03. The Morgan fingerprint density at radius 2 is 2.07 bits per heavy atom. The van der Waals surface area contributed by atoms with Crippen molar-refractivity contribution in [2.45, 2.75) is 13.5 Å². The highest BCUT2D eigenvalue weighted by molar-refractivity contribution is 5.92. The van der Waals surface area contributed by atoms with Crippen LogP contribution in [0.4, 0.5) is 0 Å². The number of ether oxygens (including phenoxy) is 1. The van der Waals surface area contributed by atoms with Crippen LogP contribution < -0.4 is 0 Å². The lowest BCUT2D eigenvalue weighted by atomic mass is 10.2. The Balaban J connectivity index is 2.48. The normalized spacial score (nSPS) is 10.9. The highest BCUT2D eigenvalue weighted by Crippen LogP contribution is 2.03. The monoisotopic (exact) mass is 203 g/mol. The van der Waals surface area contributed by atoms with Crippen molar-refractivity contribution in [1.29, 1.82) is 5.41 Å². The SMILES string of the molecule is C/C(=C\C=N)C(=O)OCc1ccccc1. The maximum atomic E-state index is 11.3. The fraction of sp³-hybridized carbons (Fsp3) is 0.167. The molecule has 0 fully saturated rings. The second-order valence-electron chi connectivity index (χ2n) is 3.08. The molecular formula is C12H13NO2. The molecule has 1 aromatic carbocycles. The van der Waals surface area contributed by atoms with E-state index in [9.17, 15) is 4.79 Å². The molecule has 0 unspecified atom stereocenters. The quantitative estimate of drug-likeness (QED) is 0.464. The fourth-order valence-electron chi connectivity index (χ4n) is 1.03. The molecule has 1 aromatic rings. The summed E-state index contributed by atoms with van der Waals surface area (Å²) in [5, 5.41) is 6.81. The summed E-state index contributed by atoms with van der Waals surface area (Å²) in [7, 11) is 0. The molecule has 0 heterocycles. The molecule has 0 radical (unpaired) electrons. The highest BCUT2D eigenvalue weighted by atomic mass is 16.5. The molecule has 78 valence electrons. The maximum absolute atomic E-state index is 11.3. The third-order valence-corrected chi connectivity index (χ3v) is 1.87. The lowest BCUT2D eigenvalue weighted by Crippen LogP contribution is -2.05. The molecule has 0 atom stereocenters. The average Bonchev–Trinajstić information content (AvgIpc) is 2.27. The maximum Gasteiger partial charge on any atom is 0.334 e. The molecule has 0 amide bonds. The molecule has 1 N–H and O–H groups in total. The summed E-state index contributed by atoms with van der Waals surface area (Å²) in [5.74, 6) is -0.387. The largest absolute Gasteiger partial charge is 0.457 e. The number of rotatable bonds is 4. The molecule has 0 aromatic heterocycles. The molecule has 0 bridgehead atoms. The highest BCUT2D eigenvalue weighted by Gasteiger charge is 2.04. The van der Waals surface area contributed by atoms with E-state index in [0.29, 0.717) is 5.57 Å². The summed E-state index contributed by atoms with van der Waals surface area (Å²) >= 11 is 0. The number of benzene rings is 1. The van der Waals surface area contributed by atoms with Gasteiger partial charge in [0, 0.05) is 11.8 Å². The van der Waals surface area contributed by atoms with Gasteiger partial charge >= 0.3 is 5.97 Å². The zero-order valence-electron chi connectivity index (χ0n) is 8.57. The Morgan fingerprint density at radius 3 is 2.67 bits per heavy atom. The Hall–Kier alpha value is -1.90. The summed E-state index contributed by atoms with van der Waals surface area (Å²) in [6.45, 7) is 1.89. The number of hydrogen-bond donors (Lipinski definition) is 1. The molecule has 0 spiro atoms. The van der Waals surface area contributed by atoms with Gasteiger partial charge in [-0.25, -0.2) is 4.79 Å². The number of hydrogen-bond acceptors (Lipinski definition) is 3. The van der Waals surface area contributed by atoms with Gasteiger partial charge in [0.15, 0.2) is 0 Å². The number of nitrogens with one attached hydrogen (secondary N) is 1. The zero-order valence-corrected chi connectivity index (χ0v) is 8.57. The summed E-state index contributed by atoms with van der Waals surface area (Å²) < 4.78 is 5.03. The molecule has 0 aliphatic carbocycles. The first kappa shape index (κ1) is 11.2. The Bertz CT molecular complexity index is 368. The zero-order chi connectivity index (χ0) is 11.1. The molecule has 0 aliphatic rings. The number of esters is 1. The van der Waals surface area contributed by atoms with Crippen LogP contribution in [0.3, 0.4) is 0 Å². The van der Waals surface area contributed by atoms with Crippen LogP contribution in [0.25, 0.3) is 0 Å². The predicted octanol–water partition coefficient (Wildman–Crippen LogP) is 2.33. The van der Waals surface area contributed by atoms with Gasteiger partial charge in [0.25, 0.3) is 0 Å². The molecule has 0 saturated carbocycles. The van der Waals surface area contributed by atoms with Gasteiger partial charge in [-0.2, -0.15) is 0 Å². The topological polar surface area (TPSA) is 50.2 Å². The van der Waals surface area contributed by atoms with Gasteiger partial charge in [-0.05, 0) is 18.6 Å². The van der Waals surface area contributed by atoms with E-state index in [4.69, 9.17) is 10.1 Å². The van der Waals surface area contributed by atoms with Crippen LogP contribution in [0.2, 0.25) is 0 Å². The van der Waals surface area contributed by atoms with Crippen molar-refractivity contribution in [2.24, 2.45) is 0 Å². The van der Waals surface area contributed by atoms with Gasteiger partial charge in [-0.3, -0.25) is 0 Å². The standard InChI is InChI=1S/C12H13NO2/c1-10(7-8-13)12(14)15-9-11-5-3-2-4-6-11/h2-8,13H,9H2,1H3/b10-7+,13-8?. The molecular weight excluding hydrogens is 190 g/mol. The van der Waals surface area contributed by atoms with E-state index < -0.39 is 0 Å². The number of carbonyl (C=O) groups is 1. The van der Waals surface area contributed by atoms with Gasteiger partial charge in [-0.15, -0.1) is 0 Å². The van der Waals surface area contributed by atoms with Gasteiger partial charge in [0.2, 0.25) is 0 Å². The third kappa shape index (κ3) is 3.77. The van der Waals surface area contributed by atoms with Crippen molar-refractivity contribution in [3.8, 4) is 0 Å². The van der Waals surface area contributed by atoms with Crippen LogP contribution >= 0.6 is 0 Å². The number of carbonyl (C=O) groups excluding carboxylic acids is 1. The Morgan fingerprint density at radius 1 is 1.40 bits per heavy atom. The van der Waals surface area contributed by atoms with Crippen LogP contribution in [0.5, 0.6) is 0 Å². The van der Waals surface area contributed by atoms with Crippen molar-refractivity contribution in [1.82, 2.24) is 0 Å². The number of allylic oxidation sites excluding steroid dienone is 1. The van der Waals surface area contributed by atoms with Crippen molar-refractivity contribution < 1.29 is 9.53 Å². The van der Waals surface area contributed by atoms with E-state index in [1.165, 1.54) is 6.08 Å². The van der Waals surface area contributed by atoms with Gasteiger partial charge in [-0.1, -0.05) is 30.3 Å². The summed E-state index contributed by atoms with van der Waals surface area (Å²) in [6, 6.07) is 9.48. The first-order valence-electron chi connectivity index (χ1n) is 4.62.